The number of carbonyl (C=O) groups excluding carboxylic acids is 1. The summed E-state index contributed by atoms with van der Waals surface area (Å²) >= 11 is 0. The maximum Gasteiger partial charge on any atom is 0.243 e. The molecule has 104 valence electrons. The first-order valence-corrected chi connectivity index (χ1v) is 6.65. The Balaban J connectivity index is 1.92. The van der Waals surface area contributed by atoms with Crippen LogP contribution in [0.3, 0.4) is 0 Å². The van der Waals surface area contributed by atoms with E-state index in [1.807, 2.05) is 30.3 Å². The fourth-order valence-corrected chi connectivity index (χ4v) is 2.03. The van der Waals surface area contributed by atoms with Gasteiger partial charge in [0.25, 0.3) is 0 Å². The molecule has 0 saturated carbocycles. The zero-order valence-electron chi connectivity index (χ0n) is 11.6. The minimum atomic E-state index is -0.492. The molecule has 2 aromatic rings. The highest BCUT2D eigenvalue weighted by molar-refractivity contribution is 5.96. The van der Waals surface area contributed by atoms with Crippen LogP contribution in [0.5, 0.6) is 0 Å². The van der Waals surface area contributed by atoms with Crippen molar-refractivity contribution in [2.45, 2.75) is 18.9 Å². The largest absolute Gasteiger partial charge is 0.320 e. The number of carbonyl (C=O) groups is 1. The fourth-order valence-electron chi connectivity index (χ4n) is 2.03. The van der Waals surface area contributed by atoms with Crippen LogP contribution in [0.25, 0.3) is 0 Å². The number of hydrogen-bond donors (Lipinski definition) is 1. The SMILES string of the molecule is CN(C(=O)C(N)CCc1ccccc1)c1ccncc1. The monoisotopic (exact) mass is 269 g/mol. The summed E-state index contributed by atoms with van der Waals surface area (Å²) in [6.45, 7) is 0. The van der Waals surface area contributed by atoms with Crippen molar-refractivity contribution in [2.75, 3.05) is 11.9 Å². The van der Waals surface area contributed by atoms with Crippen LogP contribution in [0.15, 0.2) is 54.9 Å². The third-order valence-corrected chi connectivity index (χ3v) is 3.28. The summed E-state index contributed by atoms with van der Waals surface area (Å²) in [5.74, 6) is -0.0767. The molecule has 1 amide bonds. The molecule has 0 aliphatic heterocycles. The normalized spacial score (nSPS) is 11.9. The average molecular weight is 269 g/mol. The quantitative estimate of drug-likeness (QED) is 0.903. The first-order valence-electron chi connectivity index (χ1n) is 6.65. The molecule has 0 radical (unpaired) electrons. The van der Waals surface area contributed by atoms with E-state index >= 15 is 0 Å². The van der Waals surface area contributed by atoms with E-state index < -0.39 is 6.04 Å². The zero-order chi connectivity index (χ0) is 14.4. The molecule has 4 heteroatoms. The van der Waals surface area contributed by atoms with Gasteiger partial charge in [-0.25, -0.2) is 0 Å². The molecule has 1 aromatic carbocycles. The Morgan fingerprint density at radius 2 is 1.85 bits per heavy atom. The van der Waals surface area contributed by atoms with Crippen molar-refractivity contribution >= 4 is 11.6 Å². The number of nitrogens with zero attached hydrogens (tertiary/aromatic N) is 2. The number of amides is 1. The Labute approximate surface area is 119 Å². The van der Waals surface area contributed by atoms with Gasteiger partial charge in [-0.3, -0.25) is 9.78 Å². The van der Waals surface area contributed by atoms with Gasteiger partial charge in [-0.05, 0) is 30.5 Å². The molecule has 0 aliphatic rings. The van der Waals surface area contributed by atoms with E-state index in [2.05, 4.69) is 4.98 Å². The van der Waals surface area contributed by atoms with Crippen molar-refractivity contribution in [3.8, 4) is 0 Å². The van der Waals surface area contributed by atoms with Gasteiger partial charge in [0.1, 0.15) is 0 Å². The summed E-state index contributed by atoms with van der Waals surface area (Å²) in [5.41, 5.74) is 8.00. The number of pyridine rings is 1. The lowest BCUT2D eigenvalue weighted by atomic mass is 10.0. The lowest BCUT2D eigenvalue weighted by Gasteiger charge is -2.21. The highest BCUT2D eigenvalue weighted by atomic mass is 16.2. The second kappa shape index (κ2) is 6.82. The Morgan fingerprint density at radius 3 is 2.50 bits per heavy atom. The number of aromatic nitrogens is 1. The minimum absolute atomic E-state index is 0.0767. The topological polar surface area (TPSA) is 59.2 Å². The highest BCUT2D eigenvalue weighted by Crippen LogP contribution is 2.12. The van der Waals surface area contributed by atoms with Crippen LogP contribution in [0.1, 0.15) is 12.0 Å². The van der Waals surface area contributed by atoms with Crippen LogP contribution in [0.4, 0.5) is 5.69 Å². The van der Waals surface area contributed by atoms with Gasteiger partial charge in [-0.2, -0.15) is 0 Å². The molecule has 20 heavy (non-hydrogen) atoms. The number of rotatable bonds is 5. The van der Waals surface area contributed by atoms with Crippen molar-refractivity contribution in [3.63, 3.8) is 0 Å². The minimum Gasteiger partial charge on any atom is -0.320 e. The molecular weight excluding hydrogens is 250 g/mol. The second-order valence-electron chi connectivity index (χ2n) is 4.73. The Hall–Kier alpha value is -2.20. The highest BCUT2D eigenvalue weighted by Gasteiger charge is 2.18. The summed E-state index contributed by atoms with van der Waals surface area (Å²) < 4.78 is 0. The number of hydrogen-bond acceptors (Lipinski definition) is 3. The molecule has 1 aromatic heterocycles. The van der Waals surface area contributed by atoms with E-state index in [1.54, 1.807) is 36.5 Å². The Kier molecular flexibility index (Phi) is 4.85. The third kappa shape index (κ3) is 3.65. The van der Waals surface area contributed by atoms with Gasteiger partial charge in [0, 0.05) is 25.1 Å². The molecule has 1 heterocycles. The van der Waals surface area contributed by atoms with Crippen molar-refractivity contribution in [3.05, 3.63) is 60.4 Å². The van der Waals surface area contributed by atoms with Crippen LogP contribution in [0.2, 0.25) is 0 Å². The lowest BCUT2D eigenvalue weighted by molar-refractivity contribution is -0.119. The van der Waals surface area contributed by atoms with E-state index in [4.69, 9.17) is 5.73 Å². The van der Waals surface area contributed by atoms with E-state index in [9.17, 15) is 4.79 Å². The molecule has 2 rings (SSSR count). The van der Waals surface area contributed by atoms with Crippen molar-refractivity contribution in [2.24, 2.45) is 5.73 Å². The van der Waals surface area contributed by atoms with E-state index in [0.29, 0.717) is 6.42 Å². The molecule has 4 nitrogen and oxygen atoms in total. The van der Waals surface area contributed by atoms with Crippen LogP contribution < -0.4 is 10.6 Å². The molecule has 0 aliphatic carbocycles. The number of likely N-dealkylation sites (N-methyl/N-ethyl adjacent to an activating group) is 1. The van der Waals surface area contributed by atoms with Crippen LogP contribution in [-0.4, -0.2) is 24.0 Å². The van der Waals surface area contributed by atoms with Gasteiger partial charge in [0.05, 0.1) is 6.04 Å². The van der Waals surface area contributed by atoms with Crippen LogP contribution in [0, 0.1) is 0 Å². The summed E-state index contributed by atoms with van der Waals surface area (Å²) in [6, 6.07) is 13.1. The molecule has 1 unspecified atom stereocenters. The number of nitrogens with two attached hydrogens (primary N) is 1. The summed E-state index contributed by atoms with van der Waals surface area (Å²) in [6.07, 6.45) is 4.76. The van der Waals surface area contributed by atoms with Crippen molar-refractivity contribution in [1.82, 2.24) is 4.98 Å². The van der Waals surface area contributed by atoms with Crippen LogP contribution >= 0.6 is 0 Å². The predicted molar refractivity (Wildman–Crippen MR) is 80.4 cm³/mol. The van der Waals surface area contributed by atoms with Gasteiger partial charge < -0.3 is 10.6 Å². The zero-order valence-corrected chi connectivity index (χ0v) is 11.6. The van der Waals surface area contributed by atoms with E-state index in [1.165, 1.54) is 5.56 Å². The van der Waals surface area contributed by atoms with Crippen LogP contribution in [-0.2, 0) is 11.2 Å². The van der Waals surface area contributed by atoms with Gasteiger partial charge in [-0.1, -0.05) is 30.3 Å². The standard InChI is InChI=1S/C16H19N3O/c1-19(14-9-11-18-12-10-14)16(20)15(17)8-7-13-5-3-2-4-6-13/h2-6,9-12,15H,7-8,17H2,1H3. The molecule has 0 bridgehead atoms. The second-order valence-corrected chi connectivity index (χ2v) is 4.73. The maximum atomic E-state index is 12.2. The first-order chi connectivity index (χ1) is 9.68. The number of benzene rings is 1. The fraction of sp³-hybridized carbons (Fsp3) is 0.250. The first kappa shape index (κ1) is 14.2. The van der Waals surface area contributed by atoms with E-state index in [-0.39, 0.29) is 5.91 Å². The number of anilines is 1. The Bertz CT molecular complexity index is 542. The summed E-state index contributed by atoms with van der Waals surface area (Å²) in [4.78, 5) is 17.8. The smallest absolute Gasteiger partial charge is 0.243 e. The number of aryl methyl sites for hydroxylation is 1. The molecule has 1 atom stereocenters. The van der Waals surface area contributed by atoms with Crippen molar-refractivity contribution < 1.29 is 4.79 Å². The predicted octanol–water partition coefficient (Wildman–Crippen LogP) is 2.00. The summed E-state index contributed by atoms with van der Waals surface area (Å²) in [5, 5.41) is 0. The summed E-state index contributed by atoms with van der Waals surface area (Å²) in [7, 11) is 1.74. The molecule has 2 N–H and O–H groups in total. The van der Waals surface area contributed by atoms with Crippen molar-refractivity contribution in [1.29, 1.82) is 0 Å². The maximum absolute atomic E-state index is 12.2. The molecular formula is C16H19N3O. The average Bonchev–Trinajstić information content (AvgIpc) is 2.53. The Morgan fingerprint density at radius 1 is 1.20 bits per heavy atom. The van der Waals surface area contributed by atoms with Gasteiger partial charge in [0.2, 0.25) is 5.91 Å². The lowest BCUT2D eigenvalue weighted by Crippen LogP contribution is -2.42. The third-order valence-electron chi connectivity index (χ3n) is 3.28. The molecule has 0 saturated heterocycles. The van der Waals surface area contributed by atoms with Gasteiger partial charge >= 0.3 is 0 Å². The molecule has 0 fully saturated rings. The van der Waals surface area contributed by atoms with E-state index in [0.717, 1.165) is 12.1 Å². The van der Waals surface area contributed by atoms with Gasteiger partial charge in [0.15, 0.2) is 0 Å². The molecule has 0 spiro atoms. The van der Waals surface area contributed by atoms with Gasteiger partial charge in [-0.15, -0.1) is 0 Å².